The molecule has 154 valence electrons. The van der Waals surface area contributed by atoms with E-state index in [1.807, 2.05) is 26.8 Å². The van der Waals surface area contributed by atoms with Gasteiger partial charge in [-0.05, 0) is 32.9 Å². The second-order valence-corrected chi connectivity index (χ2v) is 7.65. The number of hydrogen-bond donors (Lipinski definition) is 2. The fourth-order valence-corrected chi connectivity index (χ4v) is 2.86. The average Bonchev–Trinajstić information content (AvgIpc) is 2.67. The molecule has 3 N–H and O–H groups in total. The minimum absolute atomic E-state index is 0.131. The lowest BCUT2D eigenvalue weighted by Crippen LogP contribution is -2.50. The number of ether oxygens (including phenoxy) is 1. The molecular formula is C19H24N6O4. The number of carbonyl (C=O) groups excluding carboxylic acids is 1. The maximum absolute atomic E-state index is 12.2. The smallest absolute Gasteiger partial charge is 0.410 e. The van der Waals surface area contributed by atoms with Gasteiger partial charge in [0.25, 0.3) is 0 Å². The molecule has 1 aliphatic rings. The fraction of sp³-hybridized carbons (Fsp3) is 0.421. The Bertz CT molecular complexity index is 902. The first-order chi connectivity index (χ1) is 13.6. The molecule has 1 saturated heterocycles. The van der Waals surface area contributed by atoms with E-state index in [2.05, 4.69) is 19.9 Å². The van der Waals surface area contributed by atoms with E-state index in [0.717, 1.165) is 5.82 Å². The molecule has 0 saturated carbocycles. The van der Waals surface area contributed by atoms with Crippen LogP contribution in [-0.4, -0.2) is 68.8 Å². The van der Waals surface area contributed by atoms with Crippen LogP contribution in [0.5, 0.6) is 0 Å². The molecule has 0 unspecified atom stereocenters. The van der Waals surface area contributed by atoms with E-state index in [1.165, 1.54) is 6.20 Å². The molecule has 29 heavy (non-hydrogen) atoms. The summed E-state index contributed by atoms with van der Waals surface area (Å²) in [6, 6.07) is 3.63. The van der Waals surface area contributed by atoms with Crippen molar-refractivity contribution in [2.45, 2.75) is 26.4 Å². The zero-order valence-electron chi connectivity index (χ0n) is 16.6. The number of pyridine rings is 1. The standard InChI is InChI=1S/C19H24N6O4/c1-19(2,3)29-18(28)25-8-6-24(7-9-25)14-5-4-12(10-21-14)13-11-22-16(20)15(23-13)17(26)27/h4-5,10-11H,6-9H2,1-3H3,(H2,20,22)(H,26,27). The second-order valence-electron chi connectivity index (χ2n) is 7.65. The summed E-state index contributed by atoms with van der Waals surface area (Å²) < 4.78 is 5.41. The Morgan fingerprint density at radius 2 is 1.79 bits per heavy atom. The highest BCUT2D eigenvalue weighted by Gasteiger charge is 2.26. The molecule has 0 atom stereocenters. The molecule has 3 rings (SSSR count). The van der Waals surface area contributed by atoms with Gasteiger partial charge < -0.3 is 25.4 Å². The molecule has 1 aliphatic heterocycles. The molecule has 0 radical (unpaired) electrons. The quantitative estimate of drug-likeness (QED) is 0.791. The molecule has 2 aromatic heterocycles. The van der Waals surface area contributed by atoms with Gasteiger partial charge in [0.15, 0.2) is 11.5 Å². The maximum atomic E-state index is 12.2. The lowest BCUT2D eigenvalue weighted by molar-refractivity contribution is 0.0240. The van der Waals surface area contributed by atoms with Crippen LogP contribution in [0.1, 0.15) is 31.3 Å². The largest absolute Gasteiger partial charge is 0.476 e. The molecule has 0 aromatic carbocycles. The van der Waals surface area contributed by atoms with Gasteiger partial charge in [-0.1, -0.05) is 0 Å². The number of hydrogen-bond acceptors (Lipinski definition) is 8. The third-order valence-electron chi connectivity index (χ3n) is 4.30. The molecule has 10 nitrogen and oxygen atoms in total. The number of carboxylic acids is 1. The summed E-state index contributed by atoms with van der Waals surface area (Å²) in [4.78, 5) is 39.5. The molecule has 1 amide bonds. The summed E-state index contributed by atoms with van der Waals surface area (Å²) in [5, 5.41) is 9.13. The molecule has 0 spiro atoms. The SMILES string of the molecule is CC(C)(C)OC(=O)N1CCN(c2ccc(-c3cnc(N)c(C(=O)O)n3)cn2)CC1. The van der Waals surface area contributed by atoms with Crippen LogP contribution in [0.25, 0.3) is 11.3 Å². The molecular weight excluding hydrogens is 376 g/mol. The van der Waals surface area contributed by atoms with Gasteiger partial charge in [0.2, 0.25) is 0 Å². The second kappa shape index (κ2) is 7.90. The molecule has 3 heterocycles. The van der Waals surface area contributed by atoms with Gasteiger partial charge in [0.1, 0.15) is 11.4 Å². The van der Waals surface area contributed by atoms with Gasteiger partial charge in [-0.25, -0.2) is 24.5 Å². The molecule has 0 aliphatic carbocycles. The number of rotatable bonds is 3. The lowest BCUT2D eigenvalue weighted by atomic mass is 10.2. The van der Waals surface area contributed by atoms with Gasteiger partial charge >= 0.3 is 12.1 Å². The molecule has 1 fully saturated rings. The van der Waals surface area contributed by atoms with E-state index in [-0.39, 0.29) is 17.6 Å². The number of aromatic nitrogens is 3. The zero-order chi connectivity index (χ0) is 21.2. The summed E-state index contributed by atoms with van der Waals surface area (Å²) >= 11 is 0. The lowest BCUT2D eigenvalue weighted by Gasteiger charge is -2.36. The fourth-order valence-electron chi connectivity index (χ4n) is 2.86. The van der Waals surface area contributed by atoms with E-state index in [9.17, 15) is 9.59 Å². The zero-order valence-corrected chi connectivity index (χ0v) is 16.6. The van der Waals surface area contributed by atoms with Crippen molar-refractivity contribution in [3.8, 4) is 11.3 Å². The molecule has 0 bridgehead atoms. The minimum atomic E-state index is -1.23. The number of piperazine rings is 1. The van der Waals surface area contributed by atoms with Crippen molar-refractivity contribution in [2.24, 2.45) is 0 Å². The molecule has 10 heteroatoms. The summed E-state index contributed by atoms with van der Waals surface area (Å²) in [5.41, 5.74) is 5.75. The number of carboxylic acid groups (broad SMARTS) is 1. The van der Waals surface area contributed by atoms with Crippen LogP contribution in [0.2, 0.25) is 0 Å². The highest BCUT2D eigenvalue weighted by molar-refractivity contribution is 5.90. The Hall–Kier alpha value is -3.43. The summed E-state index contributed by atoms with van der Waals surface area (Å²) in [7, 11) is 0. The number of amides is 1. The highest BCUT2D eigenvalue weighted by Crippen LogP contribution is 2.21. The van der Waals surface area contributed by atoms with Crippen LogP contribution in [0.15, 0.2) is 24.5 Å². The van der Waals surface area contributed by atoms with Gasteiger partial charge in [0, 0.05) is 37.9 Å². The topological polar surface area (TPSA) is 135 Å². The van der Waals surface area contributed by atoms with Crippen molar-refractivity contribution in [3.05, 3.63) is 30.2 Å². The van der Waals surface area contributed by atoms with Crippen molar-refractivity contribution in [1.29, 1.82) is 0 Å². The summed E-state index contributed by atoms with van der Waals surface area (Å²) in [5.74, 6) is -0.600. The van der Waals surface area contributed by atoms with E-state index in [0.29, 0.717) is 37.4 Å². The minimum Gasteiger partial charge on any atom is -0.476 e. The predicted octanol–water partition coefficient (Wildman–Crippen LogP) is 1.88. The third-order valence-corrected chi connectivity index (χ3v) is 4.30. The van der Waals surface area contributed by atoms with E-state index < -0.39 is 11.6 Å². The van der Waals surface area contributed by atoms with Crippen molar-refractivity contribution >= 4 is 23.7 Å². The Morgan fingerprint density at radius 1 is 1.10 bits per heavy atom. The monoisotopic (exact) mass is 400 g/mol. The van der Waals surface area contributed by atoms with Crippen LogP contribution in [0.4, 0.5) is 16.4 Å². The summed E-state index contributed by atoms with van der Waals surface area (Å²) in [6.45, 7) is 7.90. The van der Waals surface area contributed by atoms with Crippen molar-refractivity contribution in [3.63, 3.8) is 0 Å². The van der Waals surface area contributed by atoms with Gasteiger partial charge in [-0.3, -0.25) is 0 Å². The van der Waals surface area contributed by atoms with Crippen LogP contribution in [-0.2, 0) is 4.74 Å². The van der Waals surface area contributed by atoms with E-state index >= 15 is 0 Å². The van der Waals surface area contributed by atoms with Crippen LogP contribution in [0.3, 0.4) is 0 Å². The van der Waals surface area contributed by atoms with Crippen LogP contribution in [0, 0.1) is 0 Å². The number of nitrogen functional groups attached to an aromatic ring is 1. The number of anilines is 2. The molecule has 2 aromatic rings. The average molecular weight is 400 g/mol. The van der Waals surface area contributed by atoms with Crippen LogP contribution >= 0.6 is 0 Å². The number of nitrogens with two attached hydrogens (primary N) is 1. The Kier molecular flexibility index (Phi) is 5.53. The van der Waals surface area contributed by atoms with Crippen LogP contribution < -0.4 is 10.6 Å². The third kappa shape index (κ3) is 4.89. The Labute approximate surface area is 168 Å². The van der Waals surface area contributed by atoms with E-state index in [1.54, 1.807) is 17.2 Å². The Morgan fingerprint density at radius 3 is 2.34 bits per heavy atom. The normalized spacial score (nSPS) is 14.6. The first kappa shape index (κ1) is 20.3. The van der Waals surface area contributed by atoms with Gasteiger partial charge in [-0.2, -0.15) is 0 Å². The van der Waals surface area contributed by atoms with Gasteiger partial charge in [-0.15, -0.1) is 0 Å². The number of nitrogens with zero attached hydrogens (tertiary/aromatic N) is 5. The maximum Gasteiger partial charge on any atom is 0.410 e. The summed E-state index contributed by atoms with van der Waals surface area (Å²) in [6.07, 6.45) is 2.72. The van der Waals surface area contributed by atoms with E-state index in [4.69, 9.17) is 15.6 Å². The number of carbonyl (C=O) groups is 2. The first-order valence-corrected chi connectivity index (χ1v) is 9.19. The Balaban J connectivity index is 1.65. The highest BCUT2D eigenvalue weighted by atomic mass is 16.6. The van der Waals surface area contributed by atoms with Crippen molar-refractivity contribution in [1.82, 2.24) is 19.9 Å². The predicted molar refractivity (Wildman–Crippen MR) is 107 cm³/mol. The number of aromatic carboxylic acids is 1. The first-order valence-electron chi connectivity index (χ1n) is 9.19. The van der Waals surface area contributed by atoms with Gasteiger partial charge in [0.05, 0.1) is 11.9 Å². The van der Waals surface area contributed by atoms with Crippen molar-refractivity contribution < 1.29 is 19.4 Å². The van der Waals surface area contributed by atoms with Crippen molar-refractivity contribution in [2.75, 3.05) is 36.8 Å².